The molecule has 2 rings (SSSR count). The van der Waals surface area contributed by atoms with E-state index in [1.165, 1.54) is 18.4 Å². The molecule has 0 heterocycles. The highest BCUT2D eigenvalue weighted by Gasteiger charge is 2.30. The van der Waals surface area contributed by atoms with Crippen LogP contribution in [0.15, 0.2) is 30.3 Å². The van der Waals surface area contributed by atoms with Gasteiger partial charge in [0.05, 0.1) is 6.10 Å². The molecule has 0 spiro atoms. The molecule has 1 aromatic carbocycles. The molecule has 0 aliphatic heterocycles. The van der Waals surface area contributed by atoms with E-state index in [-0.39, 0.29) is 6.10 Å². The Kier molecular flexibility index (Phi) is 3.39. The van der Waals surface area contributed by atoms with Crippen molar-refractivity contribution in [1.29, 1.82) is 0 Å². The lowest BCUT2D eigenvalue weighted by Gasteiger charge is -2.20. The average Bonchev–Trinajstić information content (AvgIpc) is 3.01. The zero-order valence-corrected chi connectivity index (χ0v) is 9.26. The molecule has 0 radical (unpaired) electrons. The van der Waals surface area contributed by atoms with Crippen LogP contribution in [0, 0.1) is 5.92 Å². The first-order valence-electron chi connectivity index (χ1n) is 5.66. The highest BCUT2D eigenvalue weighted by molar-refractivity contribution is 5.14. The van der Waals surface area contributed by atoms with Crippen LogP contribution in [0.2, 0.25) is 0 Å². The molecule has 1 atom stereocenters. The van der Waals surface area contributed by atoms with Crippen molar-refractivity contribution >= 4 is 0 Å². The number of rotatable bonds is 5. The molecule has 2 nitrogen and oxygen atoms in total. The first-order valence-corrected chi connectivity index (χ1v) is 5.66. The van der Waals surface area contributed by atoms with Crippen LogP contribution in [-0.4, -0.2) is 29.7 Å². The summed E-state index contributed by atoms with van der Waals surface area (Å²) in [4.78, 5) is 2.19. The summed E-state index contributed by atoms with van der Waals surface area (Å²) >= 11 is 0. The summed E-state index contributed by atoms with van der Waals surface area (Å²) in [6.45, 7) is 1.71. The monoisotopic (exact) mass is 205 g/mol. The predicted molar refractivity (Wildman–Crippen MR) is 61.5 cm³/mol. The number of benzene rings is 1. The third-order valence-corrected chi connectivity index (χ3v) is 2.96. The van der Waals surface area contributed by atoms with Crippen molar-refractivity contribution in [3.63, 3.8) is 0 Å². The summed E-state index contributed by atoms with van der Waals surface area (Å²) in [6, 6.07) is 10.4. The Morgan fingerprint density at radius 1 is 1.33 bits per heavy atom. The van der Waals surface area contributed by atoms with Gasteiger partial charge in [-0.05, 0) is 31.4 Å². The summed E-state index contributed by atoms with van der Waals surface area (Å²) < 4.78 is 0. The molecule has 0 aromatic heterocycles. The topological polar surface area (TPSA) is 23.5 Å². The second kappa shape index (κ2) is 4.77. The van der Waals surface area contributed by atoms with Crippen LogP contribution in [0.5, 0.6) is 0 Å². The average molecular weight is 205 g/mol. The van der Waals surface area contributed by atoms with Crippen LogP contribution in [0.25, 0.3) is 0 Å². The van der Waals surface area contributed by atoms with Crippen molar-refractivity contribution in [3.8, 4) is 0 Å². The molecule has 0 bridgehead atoms. The molecule has 1 saturated carbocycles. The molecule has 2 heteroatoms. The highest BCUT2D eigenvalue weighted by atomic mass is 16.3. The van der Waals surface area contributed by atoms with Crippen molar-refractivity contribution in [2.75, 3.05) is 13.6 Å². The zero-order chi connectivity index (χ0) is 10.7. The number of aliphatic hydroxyl groups is 1. The molecular formula is C13H19NO. The van der Waals surface area contributed by atoms with Gasteiger partial charge in [0.2, 0.25) is 0 Å². The summed E-state index contributed by atoms with van der Waals surface area (Å²) in [6.07, 6.45) is 2.29. The van der Waals surface area contributed by atoms with E-state index in [1.54, 1.807) is 0 Å². The molecule has 82 valence electrons. The molecule has 0 amide bonds. The van der Waals surface area contributed by atoms with Gasteiger partial charge in [-0.15, -0.1) is 0 Å². The number of hydrogen-bond donors (Lipinski definition) is 1. The van der Waals surface area contributed by atoms with E-state index in [4.69, 9.17) is 0 Å². The largest absolute Gasteiger partial charge is 0.392 e. The molecular weight excluding hydrogens is 186 g/mol. The Bertz CT molecular complexity index is 295. The first-order chi connectivity index (χ1) is 7.25. The highest BCUT2D eigenvalue weighted by Crippen LogP contribution is 2.32. The second-order valence-corrected chi connectivity index (χ2v) is 4.59. The van der Waals surface area contributed by atoms with Gasteiger partial charge in [0.1, 0.15) is 0 Å². The molecule has 1 aromatic rings. The van der Waals surface area contributed by atoms with Crippen LogP contribution >= 0.6 is 0 Å². The van der Waals surface area contributed by atoms with Gasteiger partial charge < -0.3 is 5.11 Å². The van der Waals surface area contributed by atoms with Crippen molar-refractivity contribution in [3.05, 3.63) is 35.9 Å². The van der Waals surface area contributed by atoms with Crippen LogP contribution in [0.4, 0.5) is 0 Å². The van der Waals surface area contributed by atoms with Gasteiger partial charge in [0.25, 0.3) is 0 Å². The van der Waals surface area contributed by atoms with E-state index >= 15 is 0 Å². The Labute approximate surface area is 91.5 Å². The van der Waals surface area contributed by atoms with Crippen molar-refractivity contribution in [2.45, 2.75) is 25.5 Å². The van der Waals surface area contributed by atoms with E-state index < -0.39 is 0 Å². The summed E-state index contributed by atoms with van der Waals surface area (Å²) in [7, 11) is 2.07. The lowest BCUT2D eigenvalue weighted by molar-refractivity contribution is 0.104. The molecule has 0 saturated heterocycles. The number of nitrogens with zero attached hydrogens (tertiary/aromatic N) is 1. The van der Waals surface area contributed by atoms with E-state index in [1.807, 2.05) is 6.07 Å². The summed E-state index contributed by atoms with van der Waals surface area (Å²) in [5, 5.41) is 9.80. The number of hydrogen-bond acceptors (Lipinski definition) is 2. The fraction of sp³-hybridized carbons (Fsp3) is 0.538. The standard InChI is InChI=1S/C13H19NO/c1-14(10-13(15)12-7-8-12)9-11-5-3-2-4-6-11/h2-6,12-13,15H,7-10H2,1H3/t13-/m1/s1. The smallest absolute Gasteiger partial charge is 0.0695 e. The maximum Gasteiger partial charge on any atom is 0.0695 e. The fourth-order valence-corrected chi connectivity index (χ4v) is 1.91. The minimum atomic E-state index is -0.126. The minimum absolute atomic E-state index is 0.126. The number of aliphatic hydroxyl groups excluding tert-OH is 1. The van der Waals surface area contributed by atoms with Crippen LogP contribution < -0.4 is 0 Å². The van der Waals surface area contributed by atoms with Gasteiger partial charge in [-0.3, -0.25) is 4.90 Å². The Morgan fingerprint density at radius 2 is 2.00 bits per heavy atom. The third-order valence-electron chi connectivity index (χ3n) is 2.96. The quantitative estimate of drug-likeness (QED) is 0.793. The second-order valence-electron chi connectivity index (χ2n) is 4.59. The molecule has 1 N–H and O–H groups in total. The zero-order valence-electron chi connectivity index (χ0n) is 9.26. The third kappa shape index (κ3) is 3.33. The van der Waals surface area contributed by atoms with Gasteiger partial charge in [0, 0.05) is 13.1 Å². The fourth-order valence-electron chi connectivity index (χ4n) is 1.91. The summed E-state index contributed by atoms with van der Waals surface area (Å²) in [5.41, 5.74) is 1.31. The Balaban J connectivity index is 1.79. The van der Waals surface area contributed by atoms with Crippen LogP contribution in [0.3, 0.4) is 0 Å². The molecule has 15 heavy (non-hydrogen) atoms. The maximum atomic E-state index is 9.80. The molecule has 0 unspecified atom stereocenters. The SMILES string of the molecule is CN(Cc1ccccc1)C[C@@H](O)C1CC1. The van der Waals surface area contributed by atoms with Gasteiger partial charge in [0.15, 0.2) is 0 Å². The summed E-state index contributed by atoms with van der Waals surface area (Å²) in [5.74, 6) is 0.572. The van der Waals surface area contributed by atoms with Crippen LogP contribution in [-0.2, 0) is 6.54 Å². The van der Waals surface area contributed by atoms with Gasteiger partial charge in [-0.25, -0.2) is 0 Å². The Hall–Kier alpha value is -0.860. The first kappa shape index (κ1) is 10.7. The van der Waals surface area contributed by atoms with Gasteiger partial charge in [-0.1, -0.05) is 30.3 Å². The predicted octanol–water partition coefficient (Wildman–Crippen LogP) is 1.89. The lowest BCUT2D eigenvalue weighted by Crippen LogP contribution is -2.29. The normalized spacial score (nSPS) is 18.1. The van der Waals surface area contributed by atoms with E-state index in [0.717, 1.165) is 13.1 Å². The minimum Gasteiger partial charge on any atom is -0.392 e. The van der Waals surface area contributed by atoms with E-state index in [2.05, 4.69) is 36.2 Å². The van der Waals surface area contributed by atoms with E-state index in [9.17, 15) is 5.11 Å². The Morgan fingerprint density at radius 3 is 2.60 bits per heavy atom. The van der Waals surface area contributed by atoms with Crippen molar-refractivity contribution in [2.24, 2.45) is 5.92 Å². The molecule has 1 aliphatic carbocycles. The maximum absolute atomic E-state index is 9.80. The molecule has 1 aliphatic rings. The van der Waals surface area contributed by atoms with Crippen molar-refractivity contribution in [1.82, 2.24) is 4.90 Å². The van der Waals surface area contributed by atoms with Gasteiger partial charge >= 0.3 is 0 Å². The molecule has 1 fully saturated rings. The lowest BCUT2D eigenvalue weighted by atomic mass is 10.2. The number of likely N-dealkylation sites (N-methyl/N-ethyl adjacent to an activating group) is 1. The van der Waals surface area contributed by atoms with E-state index in [0.29, 0.717) is 5.92 Å². The van der Waals surface area contributed by atoms with Crippen molar-refractivity contribution < 1.29 is 5.11 Å². The van der Waals surface area contributed by atoms with Crippen LogP contribution in [0.1, 0.15) is 18.4 Å². The van der Waals surface area contributed by atoms with Gasteiger partial charge in [-0.2, -0.15) is 0 Å².